The molecule has 2 N–H and O–H groups in total. The Morgan fingerprint density at radius 2 is 1.63 bits per heavy atom. The van der Waals surface area contributed by atoms with E-state index >= 15 is 0 Å². The standard InChI is InChI=1S/C20H22F3N3O3S/c1-24-19(27)14-5-8-16(9-6-14)30(28,29)25-17-13-15(20(21,22)23)7-10-18(17)26-11-3-2-4-12-26/h5-10,13,25H,2-4,11-12H2,1H3,(H,24,27). The number of benzene rings is 2. The summed E-state index contributed by atoms with van der Waals surface area (Å²) in [6, 6.07) is 8.24. The summed E-state index contributed by atoms with van der Waals surface area (Å²) in [5.74, 6) is -0.378. The van der Waals surface area contributed by atoms with Crippen LogP contribution in [0, 0.1) is 0 Å². The summed E-state index contributed by atoms with van der Waals surface area (Å²) in [6.07, 6.45) is -1.81. The van der Waals surface area contributed by atoms with Gasteiger partial charge in [0, 0.05) is 25.7 Å². The van der Waals surface area contributed by atoms with Crippen molar-refractivity contribution in [2.45, 2.75) is 30.3 Å². The quantitative estimate of drug-likeness (QED) is 0.739. The fourth-order valence-electron chi connectivity index (χ4n) is 3.34. The number of halogens is 3. The van der Waals surface area contributed by atoms with Gasteiger partial charge < -0.3 is 10.2 Å². The molecule has 0 aromatic heterocycles. The van der Waals surface area contributed by atoms with E-state index in [1.54, 1.807) is 0 Å². The zero-order chi connectivity index (χ0) is 21.9. The van der Waals surface area contributed by atoms with Crippen LogP contribution < -0.4 is 14.9 Å². The number of carbonyl (C=O) groups excluding carboxylic acids is 1. The third kappa shape index (κ3) is 4.86. The van der Waals surface area contributed by atoms with E-state index in [1.165, 1.54) is 37.4 Å². The fraction of sp³-hybridized carbons (Fsp3) is 0.350. The summed E-state index contributed by atoms with van der Waals surface area (Å²) in [5.41, 5.74) is -0.379. The zero-order valence-corrected chi connectivity index (χ0v) is 17.1. The number of rotatable bonds is 5. The molecule has 0 unspecified atom stereocenters. The van der Waals surface area contributed by atoms with E-state index in [4.69, 9.17) is 0 Å². The lowest BCUT2D eigenvalue weighted by atomic mass is 10.1. The summed E-state index contributed by atoms with van der Waals surface area (Å²) in [4.78, 5) is 13.4. The molecule has 1 saturated heterocycles. The Hall–Kier alpha value is -2.75. The highest BCUT2D eigenvalue weighted by Gasteiger charge is 2.32. The Morgan fingerprint density at radius 3 is 2.20 bits per heavy atom. The zero-order valence-electron chi connectivity index (χ0n) is 16.3. The van der Waals surface area contributed by atoms with E-state index in [9.17, 15) is 26.4 Å². The van der Waals surface area contributed by atoms with Crippen molar-refractivity contribution in [2.24, 2.45) is 0 Å². The van der Waals surface area contributed by atoms with Crippen LogP contribution in [0.2, 0.25) is 0 Å². The lowest BCUT2D eigenvalue weighted by Gasteiger charge is -2.31. The Labute approximate surface area is 173 Å². The second-order valence-corrected chi connectivity index (χ2v) is 8.67. The van der Waals surface area contributed by atoms with E-state index in [0.29, 0.717) is 18.8 Å². The van der Waals surface area contributed by atoms with E-state index in [1.807, 2.05) is 4.90 Å². The summed E-state index contributed by atoms with van der Waals surface area (Å²) in [6.45, 7) is 1.28. The normalized spacial score (nSPS) is 15.0. The first-order valence-corrected chi connectivity index (χ1v) is 10.9. The number of piperidine rings is 1. The van der Waals surface area contributed by atoms with Crippen molar-refractivity contribution in [1.82, 2.24) is 5.32 Å². The summed E-state index contributed by atoms with van der Waals surface area (Å²) in [7, 11) is -2.71. The summed E-state index contributed by atoms with van der Waals surface area (Å²) in [5, 5.41) is 2.43. The van der Waals surface area contributed by atoms with Gasteiger partial charge in [0.25, 0.3) is 15.9 Å². The molecular formula is C20H22F3N3O3S. The highest BCUT2D eigenvalue weighted by Crippen LogP contribution is 2.37. The van der Waals surface area contributed by atoms with Crippen molar-refractivity contribution in [3.8, 4) is 0 Å². The van der Waals surface area contributed by atoms with Gasteiger partial charge in [0.15, 0.2) is 0 Å². The van der Waals surface area contributed by atoms with Crippen LogP contribution in [0.3, 0.4) is 0 Å². The minimum atomic E-state index is -4.60. The van der Waals surface area contributed by atoms with Crippen LogP contribution >= 0.6 is 0 Å². The number of nitrogens with zero attached hydrogens (tertiary/aromatic N) is 1. The van der Waals surface area contributed by atoms with E-state index in [-0.39, 0.29) is 22.1 Å². The van der Waals surface area contributed by atoms with E-state index in [0.717, 1.165) is 31.4 Å². The molecule has 0 aliphatic carbocycles. The molecule has 6 nitrogen and oxygen atoms in total. The summed E-state index contributed by atoms with van der Waals surface area (Å²) < 4.78 is 67.6. The van der Waals surface area contributed by atoms with Crippen LogP contribution in [0.4, 0.5) is 24.5 Å². The smallest absolute Gasteiger partial charge is 0.370 e. The number of hydrogen-bond acceptors (Lipinski definition) is 4. The molecule has 0 radical (unpaired) electrons. The predicted molar refractivity (Wildman–Crippen MR) is 108 cm³/mol. The molecule has 0 atom stereocenters. The molecule has 10 heteroatoms. The molecule has 1 aliphatic rings. The number of hydrogen-bond donors (Lipinski definition) is 2. The third-order valence-corrected chi connectivity index (χ3v) is 6.30. The first-order valence-electron chi connectivity index (χ1n) is 9.43. The maximum Gasteiger partial charge on any atom is 0.416 e. The van der Waals surface area contributed by atoms with Crippen molar-refractivity contribution in [1.29, 1.82) is 0 Å². The highest BCUT2D eigenvalue weighted by atomic mass is 32.2. The Morgan fingerprint density at radius 1 is 1.00 bits per heavy atom. The average molecular weight is 441 g/mol. The lowest BCUT2D eigenvalue weighted by Crippen LogP contribution is -2.30. The van der Waals surface area contributed by atoms with E-state index in [2.05, 4.69) is 10.0 Å². The molecule has 1 fully saturated rings. The van der Waals surface area contributed by atoms with Crippen LogP contribution in [0.25, 0.3) is 0 Å². The molecule has 162 valence electrons. The molecule has 0 bridgehead atoms. The molecular weight excluding hydrogens is 419 g/mol. The van der Waals surface area contributed by atoms with Gasteiger partial charge >= 0.3 is 6.18 Å². The second-order valence-electron chi connectivity index (χ2n) is 6.99. The van der Waals surface area contributed by atoms with Gasteiger partial charge in [-0.1, -0.05) is 0 Å². The second kappa shape index (κ2) is 8.55. The monoisotopic (exact) mass is 441 g/mol. The van der Waals surface area contributed by atoms with Gasteiger partial charge in [-0.2, -0.15) is 13.2 Å². The van der Waals surface area contributed by atoms with Crippen LogP contribution in [0.1, 0.15) is 35.2 Å². The molecule has 1 amide bonds. The minimum Gasteiger partial charge on any atom is -0.370 e. The lowest BCUT2D eigenvalue weighted by molar-refractivity contribution is -0.137. The third-order valence-electron chi connectivity index (χ3n) is 4.92. The van der Waals surface area contributed by atoms with Crippen LogP contribution in [0.5, 0.6) is 0 Å². The Balaban J connectivity index is 1.97. The largest absolute Gasteiger partial charge is 0.416 e. The van der Waals surface area contributed by atoms with Crippen molar-refractivity contribution >= 4 is 27.3 Å². The van der Waals surface area contributed by atoms with Crippen LogP contribution in [-0.2, 0) is 16.2 Å². The van der Waals surface area contributed by atoms with Crippen LogP contribution in [0.15, 0.2) is 47.4 Å². The highest BCUT2D eigenvalue weighted by molar-refractivity contribution is 7.92. The number of sulfonamides is 1. The molecule has 0 saturated carbocycles. The number of nitrogens with one attached hydrogen (secondary N) is 2. The first-order chi connectivity index (χ1) is 14.1. The fourth-order valence-corrected chi connectivity index (χ4v) is 4.40. The minimum absolute atomic E-state index is 0.123. The van der Waals surface area contributed by atoms with Crippen molar-refractivity contribution in [3.05, 3.63) is 53.6 Å². The molecule has 1 aliphatic heterocycles. The molecule has 0 spiro atoms. The average Bonchev–Trinajstić information content (AvgIpc) is 2.73. The number of amides is 1. The molecule has 1 heterocycles. The van der Waals surface area contributed by atoms with Gasteiger partial charge in [0.2, 0.25) is 0 Å². The van der Waals surface area contributed by atoms with Gasteiger partial charge in [-0.15, -0.1) is 0 Å². The van der Waals surface area contributed by atoms with Crippen molar-refractivity contribution in [3.63, 3.8) is 0 Å². The predicted octanol–water partition coefficient (Wildman–Crippen LogP) is 3.86. The molecule has 2 aromatic rings. The van der Waals surface area contributed by atoms with Gasteiger partial charge in [0.1, 0.15) is 0 Å². The molecule has 2 aromatic carbocycles. The number of alkyl halides is 3. The van der Waals surface area contributed by atoms with Crippen molar-refractivity contribution in [2.75, 3.05) is 29.8 Å². The van der Waals surface area contributed by atoms with Gasteiger partial charge in [0.05, 0.1) is 21.8 Å². The molecule has 3 rings (SSSR count). The summed E-state index contributed by atoms with van der Waals surface area (Å²) >= 11 is 0. The van der Waals surface area contributed by atoms with Gasteiger partial charge in [-0.3, -0.25) is 9.52 Å². The first kappa shape index (κ1) is 21.9. The maximum absolute atomic E-state index is 13.2. The topological polar surface area (TPSA) is 78.5 Å². The molecule has 30 heavy (non-hydrogen) atoms. The maximum atomic E-state index is 13.2. The van der Waals surface area contributed by atoms with Gasteiger partial charge in [-0.25, -0.2) is 8.42 Å². The number of carbonyl (C=O) groups is 1. The van der Waals surface area contributed by atoms with Gasteiger partial charge in [-0.05, 0) is 61.7 Å². The Bertz CT molecular complexity index is 1020. The van der Waals surface area contributed by atoms with Crippen LogP contribution in [-0.4, -0.2) is 34.5 Å². The number of anilines is 2. The Kier molecular flexibility index (Phi) is 6.25. The SMILES string of the molecule is CNC(=O)c1ccc(S(=O)(=O)Nc2cc(C(F)(F)F)ccc2N2CCCCC2)cc1. The van der Waals surface area contributed by atoms with E-state index < -0.39 is 21.8 Å². The van der Waals surface area contributed by atoms with Crippen molar-refractivity contribution < 1.29 is 26.4 Å².